The molecule has 0 saturated heterocycles. The Balaban J connectivity index is 2.01. The molecule has 24 heavy (non-hydrogen) atoms. The van der Waals surface area contributed by atoms with Crippen LogP contribution < -0.4 is 0 Å². The normalized spacial score (nSPS) is 12.0. The molecule has 3 nitrogen and oxygen atoms in total. The number of rotatable bonds is 2. The van der Waals surface area contributed by atoms with Crippen molar-refractivity contribution in [1.82, 2.24) is 14.6 Å². The molecule has 4 rings (SSSR count). The summed E-state index contributed by atoms with van der Waals surface area (Å²) in [5.74, 6) is 0. The number of nitrogens with zero attached hydrogens (tertiary/aromatic N) is 3. The summed E-state index contributed by atoms with van der Waals surface area (Å²) in [6.45, 7) is 0. The van der Waals surface area contributed by atoms with Crippen molar-refractivity contribution < 1.29 is 0 Å². The Kier molecular flexibility index (Phi) is 4.01. The van der Waals surface area contributed by atoms with E-state index in [4.69, 9.17) is 39.8 Å². The van der Waals surface area contributed by atoms with Gasteiger partial charge in [-0.2, -0.15) is 5.10 Å². The Labute approximate surface area is 157 Å². The number of thiophene rings is 1. The number of hydrogen-bond donors (Lipinski definition) is 0. The van der Waals surface area contributed by atoms with Crippen LogP contribution in [0.5, 0.6) is 0 Å². The molecule has 0 aliphatic heterocycles. The highest BCUT2D eigenvalue weighted by Crippen LogP contribution is 2.45. The van der Waals surface area contributed by atoms with Crippen molar-refractivity contribution in [2.24, 2.45) is 0 Å². The van der Waals surface area contributed by atoms with Gasteiger partial charge in [0.05, 0.1) is 11.3 Å². The second kappa shape index (κ2) is 6.05. The van der Waals surface area contributed by atoms with Gasteiger partial charge in [-0.15, -0.1) is 11.3 Å². The molecule has 0 radical (unpaired) electrons. The van der Waals surface area contributed by atoms with Crippen LogP contribution in [0.3, 0.4) is 0 Å². The van der Waals surface area contributed by atoms with Crippen LogP contribution in [0.15, 0.2) is 60.1 Å². The van der Waals surface area contributed by atoms with Crippen molar-refractivity contribution in [2.75, 3.05) is 0 Å². The van der Waals surface area contributed by atoms with Crippen LogP contribution in [-0.4, -0.2) is 14.6 Å². The van der Waals surface area contributed by atoms with E-state index in [1.165, 1.54) is 0 Å². The molecule has 0 fully saturated rings. The molecule has 0 aliphatic carbocycles. The smallest absolute Gasteiger partial charge is 0.228 e. The molecule has 0 saturated carbocycles. The van der Waals surface area contributed by atoms with Crippen molar-refractivity contribution in [3.8, 4) is 21.7 Å². The van der Waals surface area contributed by atoms with Gasteiger partial charge in [0.25, 0.3) is 0 Å². The van der Waals surface area contributed by atoms with Gasteiger partial charge < -0.3 is 0 Å². The minimum Gasteiger partial charge on any atom is -0.228 e. The summed E-state index contributed by atoms with van der Waals surface area (Å²) in [6.07, 6.45) is 1.84. The average molecular weight is 395 g/mol. The zero-order valence-electron chi connectivity index (χ0n) is 12.2. The maximum Gasteiger partial charge on any atom is 0.235 e. The first-order valence-corrected chi connectivity index (χ1v) is 9.11. The van der Waals surface area contributed by atoms with Crippen LogP contribution in [0.4, 0.5) is 0 Å². The lowest BCUT2D eigenvalue weighted by molar-refractivity contribution is 0.897. The largest absolute Gasteiger partial charge is 0.235 e. The first kappa shape index (κ1) is 15.9. The van der Waals surface area contributed by atoms with Crippen LogP contribution >= 0.6 is 46.1 Å². The Morgan fingerprint density at radius 2 is 1.75 bits per heavy atom. The van der Waals surface area contributed by atoms with Crippen LogP contribution in [0.25, 0.3) is 27.3 Å². The summed E-state index contributed by atoms with van der Waals surface area (Å²) >= 11 is 20.0. The van der Waals surface area contributed by atoms with Crippen LogP contribution in [-0.2, 0) is 3.79 Å². The summed E-state index contributed by atoms with van der Waals surface area (Å²) in [6, 6.07) is 15.8. The van der Waals surface area contributed by atoms with Crippen LogP contribution in [0, 0.1) is 0 Å². The molecule has 7 heteroatoms. The fourth-order valence-electron chi connectivity index (χ4n) is 2.54. The highest BCUT2D eigenvalue weighted by Gasteiger charge is 2.33. The van der Waals surface area contributed by atoms with Gasteiger partial charge in [-0.3, -0.25) is 0 Å². The molecule has 0 atom stereocenters. The molecule has 3 aromatic heterocycles. The van der Waals surface area contributed by atoms with Crippen LogP contribution in [0.2, 0.25) is 0 Å². The van der Waals surface area contributed by atoms with E-state index in [2.05, 4.69) is 5.10 Å². The van der Waals surface area contributed by atoms with Gasteiger partial charge in [-0.1, -0.05) is 71.2 Å². The van der Waals surface area contributed by atoms with Gasteiger partial charge in [0.15, 0.2) is 5.65 Å². The number of hydrogen-bond acceptors (Lipinski definition) is 3. The molecule has 0 amide bonds. The van der Waals surface area contributed by atoms with Crippen molar-refractivity contribution in [1.29, 1.82) is 0 Å². The number of benzene rings is 1. The zero-order valence-corrected chi connectivity index (χ0v) is 15.2. The summed E-state index contributed by atoms with van der Waals surface area (Å²) in [7, 11) is 0. The van der Waals surface area contributed by atoms with E-state index in [1.54, 1.807) is 15.9 Å². The third-order valence-electron chi connectivity index (χ3n) is 3.59. The van der Waals surface area contributed by atoms with Gasteiger partial charge in [-0.05, 0) is 17.5 Å². The van der Waals surface area contributed by atoms with Gasteiger partial charge in [0.2, 0.25) is 3.79 Å². The molecule has 1 aromatic carbocycles. The van der Waals surface area contributed by atoms with E-state index in [-0.39, 0.29) is 0 Å². The molecule has 0 N–H and O–H groups in total. The van der Waals surface area contributed by atoms with Gasteiger partial charge in [-0.25, -0.2) is 9.50 Å². The summed E-state index contributed by atoms with van der Waals surface area (Å²) < 4.78 is 0.0264. The third-order valence-corrected chi connectivity index (χ3v) is 5.02. The minimum atomic E-state index is -1.63. The zero-order chi connectivity index (χ0) is 16.7. The maximum absolute atomic E-state index is 6.14. The monoisotopic (exact) mass is 393 g/mol. The lowest BCUT2D eigenvalue weighted by atomic mass is 10.1. The van der Waals surface area contributed by atoms with Gasteiger partial charge in [0.1, 0.15) is 5.69 Å². The Hall–Kier alpha value is -1.59. The summed E-state index contributed by atoms with van der Waals surface area (Å²) in [5.41, 5.74) is 3.67. The standard InChI is InChI=1S/C17H10Cl3N3S/c18-17(19,20)15-14(13-7-4-10-24-13)16-21-12(8-9-23(16)22-15)11-5-2-1-3-6-11/h1-10H. The number of aromatic nitrogens is 3. The highest BCUT2D eigenvalue weighted by atomic mass is 35.6. The van der Waals surface area contributed by atoms with Crippen molar-refractivity contribution in [3.05, 3.63) is 65.8 Å². The number of fused-ring (bicyclic) bond motifs is 1. The molecule has 3 heterocycles. The maximum atomic E-state index is 6.14. The molecule has 0 bridgehead atoms. The Morgan fingerprint density at radius 3 is 2.42 bits per heavy atom. The SMILES string of the molecule is ClC(Cl)(Cl)c1nn2ccc(-c3ccccc3)nc2c1-c1cccs1. The predicted octanol–water partition coefficient (Wildman–Crippen LogP) is 5.95. The summed E-state index contributed by atoms with van der Waals surface area (Å²) in [5, 5.41) is 6.41. The van der Waals surface area contributed by atoms with Gasteiger partial charge >= 0.3 is 0 Å². The first-order valence-electron chi connectivity index (χ1n) is 7.10. The van der Waals surface area contributed by atoms with E-state index < -0.39 is 3.79 Å². The topological polar surface area (TPSA) is 30.2 Å². The fraction of sp³-hybridized carbons (Fsp3) is 0.0588. The number of alkyl halides is 3. The molecule has 4 aromatic rings. The van der Waals surface area contributed by atoms with E-state index in [1.807, 2.05) is 60.1 Å². The minimum absolute atomic E-state index is 0.382. The highest BCUT2D eigenvalue weighted by molar-refractivity contribution is 7.13. The second-order valence-electron chi connectivity index (χ2n) is 5.15. The van der Waals surface area contributed by atoms with Crippen molar-refractivity contribution in [2.45, 2.75) is 3.79 Å². The Morgan fingerprint density at radius 1 is 0.958 bits per heavy atom. The second-order valence-corrected chi connectivity index (χ2v) is 8.37. The molecular formula is C17H10Cl3N3S. The van der Waals surface area contributed by atoms with E-state index in [9.17, 15) is 0 Å². The van der Waals surface area contributed by atoms with Crippen molar-refractivity contribution in [3.63, 3.8) is 0 Å². The molecule has 0 unspecified atom stereocenters. The average Bonchev–Trinajstić information content (AvgIpc) is 3.21. The van der Waals surface area contributed by atoms with Gasteiger partial charge in [0, 0.05) is 16.6 Å². The van der Waals surface area contributed by atoms with E-state index >= 15 is 0 Å². The van der Waals surface area contributed by atoms with Crippen LogP contribution in [0.1, 0.15) is 5.69 Å². The number of halogens is 3. The predicted molar refractivity (Wildman–Crippen MR) is 101 cm³/mol. The first-order chi connectivity index (χ1) is 11.5. The molecule has 0 spiro atoms. The lowest BCUT2D eigenvalue weighted by Crippen LogP contribution is -2.02. The molecule has 120 valence electrons. The molecular weight excluding hydrogens is 385 g/mol. The fourth-order valence-corrected chi connectivity index (χ4v) is 3.71. The third kappa shape index (κ3) is 2.80. The van der Waals surface area contributed by atoms with Crippen molar-refractivity contribution >= 4 is 51.8 Å². The van der Waals surface area contributed by atoms with E-state index in [0.29, 0.717) is 11.3 Å². The Bertz CT molecular complexity index is 989. The summed E-state index contributed by atoms with van der Waals surface area (Å²) in [4.78, 5) is 5.73. The quantitative estimate of drug-likeness (QED) is 0.393. The molecule has 0 aliphatic rings. The van der Waals surface area contributed by atoms with E-state index in [0.717, 1.165) is 21.7 Å². The lowest BCUT2D eigenvalue weighted by Gasteiger charge is -2.08.